The van der Waals surface area contributed by atoms with Crippen LogP contribution in [0.5, 0.6) is 17.2 Å². The zero-order chi connectivity index (χ0) is 20.7. The number of amides is 2. The van der Waals surface area contributed by atoms with Gasteiger partial charge in [0.15, 0.2) is 24.7 Å². The number of nitrogens with one attached hydrogen (secondary N) is 2. The van der Waals surface area contributed by atoms with Crippen molar-refractivity contribution in [3.05, 3.63) is 52.0 Å². The van der Waals surface area contributed by atoms with Crippen molar-refractivity contribution in [3.63, 3.8) is 0 Å². The number of ether oxygens (including phenoxy) is 3. The van der Waals surface area contributed by atoms with Gasteiger partial charge in [0.1, 0.15) is 5.75 Å². The molecule has 0 aliphatic carbocycles. The van der Waals surface area contributed by atoms with E-state index in [1.54, 1.807) is 24.3 Å². The molecule has 0 saturated heterocycles. The van der Waals surface area contributed by atoms with Gasteiger partial charge in [-0.05, 0) is 61.7 Å². The summed E-state index contributed by atoms with van der Waals surface area (Å²) in [7, 11) is 1.52. The van der Waals surface area contributed by atoms with Crippen LogP contribution in [-0.4, -0.2) is 32.1 Å². The molecule has 0 aliphatic heterocycles. The summed E-state index contributed by atoms with van der Waals surface area (Å²) < 4.78 is 16.0. The number of carbonyl (C=O) groups is 2. The fraction of sp³-hybridized carbons (Fsp3) is 0.300. The number of hydrazine groups is 1. The van der Waals surface area contributed by atoms with Crippen molar-refractivity contribution in [2.24, 2.45) is 0 Å². The van der Waals surface area contributed by atoms with Crippen LogP contribution in [-0.2, 0) is 9.59 Å². The molecule has 2 rings (SSSR count). The smallest absolute Gasteiger partial charge is 0.276 e. The molecular weight excluding hydrogens is 384 g/mol. The summed E-state index contributed by atoms with van der Waals surface area (Å²) in [6, 6.07) is 8.83. The van der Waals surface area contributed by atoms with E-state index in [1.807, 2.05) is 26.8 Å². The van der Waals surface area contributed by atoms with Crippen LogP contribution in [0.3, 0.4) is 0 Å². The minimum absolute atomic E-state index is 0.257. The lowest BCUT2D eigenvalue weighted by Gasteiger charge is -2.12. The van der Waals surface area contributed by atoms with E-state index in [1.165, 1.54) is 7.11 Å². The lowest BCUT2D eigenvalue weighted by atomic mass is 10.1. The molecule has 0 radical (unpaired) electrons. The Balaban J connectivity index is 1.76. The number of hydrogen-bond acceptors (Lipinski definition) is 5. The summed E-state index contributed by atoms with van der Waals surface area (Å²) in [5.74, 6) is 0.460. The third kappa shape index (κ3) is 6.06. The van der Waals surface area contributed by atoms with Crippen LogP contribution in [0.15, 0.2) is 30.3 Å². The maximum absolute atomic E-state index is 11.8. The number of methoxy groups -OCH3 is 1. The molecular formula is C20H23ClN2O5. The van der Waals surface area contributed by atoms with Gasteiger partial charge in [0.25, 0.3) is 11.8 Å². The molecule has 0 atom stereocenters. The maximum Gasteiger partial charge on any atom is 0.276 e. The predicted octanol–water partition coefficient (Wildman–Crippen LogP) is 2.88. The van der Waals surface area contributed by atoms with Crippen molar-refractivity contribution >= 4 is 23.4 Å². The van der Waals surface area contributed by atoms with Gasteiger partial charge in [0.05, 0.1) is 7.11 Å². The Hall–Kier alpha value is -2.93. The summed E-state index contributed by atoms with van der Waals surface area (Å²) in [5, 5.41) is 0.661. The van der Waals surface area contributed by atoms with Crippen LogP contribution in [0, 0.1) is 20.8 Å². The molecule has 0 fully saturated rings. The zero-order valence-corrected chi connectivity index (χ0v) is 17.0. The lowest BCUT2D eigenvalue weighted by Crippen LogP contribution is -2.45. The molecule has 150 valence electrons. The van der Waals surface area contributed by atoms with Gasteiger partial charge in [-0.15, -0.1) is 0 Å². The third-order valence-electron chi connectivity index (χ3n) is 3.80. The molecule has 0 spiro atoms. The van der Waals surface area contributed by atoms with E-state index in [-0.39, 0.29) is 13.2 Å². The van der Waals surface area contributed by atoms with Gasteiger partial charge in [-0.25, -0.2) is 0 Å². The van der Waals surface area contributed by atoms with Crippen LogP contribution in [0.2, 0.25) is 5.02 Å². The van der Waals surface area contributed by atoms with E-state index in [0.717, 1.165) is 16.7 Å². The summed E-state index contributed by atoms with van der Waals surface area (Å²) in [6.45, 7) is 5.09. The SMILES string of the molecule is COc1cc(C)ccc1OCC(=O)NNC(=O)COc1cc(C)c(Cl)c(C)c1. The standard InChI is InChI=1S/C20H23ClN2O5/c1-12-5-6-16(17(7-12)26-4)28-11-19(25)23-22-18(24)10-27-15-8-13(2)20(21)14(3)9-15/h5-9H,10-11H2,1-4H3,(H,22,24)(H,23,25). The zero-order valence-electron chi connectivity index (χ0n) is 16.2. The van der Waals surface area contributed by atoms with E-state index in [4.69, 9.17) is 25.8 Å². The highest BCUT2D eigenvalue weighted by molar-refractivity contribution is 6.32. The normalized spacial score (nSPS) is 10.2. The molecule has 0 bridgehead atoms. The topological polar surface area (TPSA) is 85.9 Å². The summed E-state index contributed by atoms with van der Waals surface area (Å²) >= 11 is 6.10. The van der Waals surface area contributed by atoms with E-state index in [2.05, 4.69) is 10.9 Å². The first-order valence-electron chi connectivity index (χ1n) is 8.55. The molecule has 2 amide bonds. The van der Waals surface area contributed by atoms with Gasteiger partial charge >= 0.3 is 0 Å². The van der Waals surface area contributed by atoms with Gasteiger partial charge in [0.2, 0.25) is 0 Å². The lowest BCUT2D eigenvalue weighted by molar-refractivity contribution is -0.131. The molecule has 28 heavy (non-hydrogen) atoms. The van der Waals surface area contributed by atoms with Gasteiger partial charge in [-0.1, -0.05) is 17.7 Å². The van der Waals surface area contributed by atoms with Crippen molar-refractivity contribution in [2.75, 3.05) is 20.3 Å². The van der Waals surface area contributed by atoms with E-state index in [0.29, 0.717) is 22.3 Å². The fourth-order valence-electron chi connectivity index (χ4n) is 2.39. The number of carbonyl (C=O) groups excluding carboxylic acids is 2. The Kier molecular flexibility index (Phi) is 7.52. The van der Waals surface area contributed by atoms with Crippen molar-refractivity contribution in [3.8, 4) is 17.2 Å². The van der Waals surface area contributed by atoms with Crippen LogP contribution in [0.4, 0.5) is 0 Å². The molecule has 2 aromatic carbocycles. The highest BCUT2D eigenvalue weighted by atomic mass is 35.5. The van der Waals surface area contributed by atoms with Gasteiger partial charge in [-0.3, -0.25) is 20.4 Å². The average Bonchev–Trinajstić information content (AvgIpc) is 2.67. The van der Waals surface area contributed by atoms with Crippen LogP contribution in [0.1, 0.15) is 16.7 Å². The van der Waals surface area contributed by atoms with Gasteiger partial charge < -0.3 is 14.2 Å². The van der Waals surface area contributed by atoms with Crippen LogP contribution < -0.4 is 25.1 Å². The molecule has 0 aliphatic rings. The molecule has 7 nitrogen and oxygen atoms in total. The largest absolute Gasteiger partial charge is 0.493 e. The Morgan fingerprint density at radius 2 is 1.46 bits per heavy atom. The molecule has 0 unspecified atom stereocenters. The van der Waals surface area contributed by atoms with Crippen LogP contribution in [0.25, 0.3) is 0 Å². The monoisotopic (exact) mass is 406 g/mol. The predicted molar refractivity (Wildman–Crippen MR) is 106 cm³/mol. The Morgan fingerprint density at radius 3 is 2.04 bits per heavy atom. The van der Waals surface area contributed by atoms with Gasteiger partial charge in [-0.2, -0.15) is 0 Å². The summed E-state index contributed by atoms with van der Waals surface area (Å²) in [4.78, 5) is 23.7. The van der Waals surface area contributed by atoms with Crippen molar-refractivity contribution in [2.45, 2.75) is 20.8 Å². The molecule has 0 aromatic heterocycles. The quantitative estimate of drug-likeness (QED) is 0.690. The number of benzene rings is 2. The third-order valence-corrected chi connectivity index (χ3v) is 4.40. The molecule has 2 aromatic rings. The first kappa shape index (κ1) is 21.4. The van der Waals surface area contributed by atoms with Gasteiger partial charge in [0, 0.05) is 5.02 Å². The highest BCUT2D eigenvalue weighted by Gasteiger charge is 2.10. The minimum atomic E-state index is -0.519. The Bertz CT molecular complexity index is 847. The number of halogens is 1. The summed E-state index contributed by atoms with van der Waals surface area (Å²) in [6.07, 6.45) is 0. The molecule has 0 heterocycles. The van der Waals surface area contributed by atoms with Crippen molar-refractivity contribution in [1.82, 2.24) is 10.9 Å². The number of aryl methyl sites for hydroxylation is 3. The van der Waals surface area contributed by atoms with Crippen molar-refractivity contribution in [1.29, 1.82) is 0 Å². The molecule has 8 heteroatoms. The first-order chi connectivity index (χ1) is 13.3. The van der Waals surface area contributed by atoms with Crippen LogP contribution >= 0.6 is 11.6 Å². The second-order valence-corrected chi connectivity index (χ2v) is 6.58. The number of hydrogen-bond donors (Lipinski definition) is 2. The minimum Gasteiger partial charge on any atom is -0.493 e. The molecule has 0 saturated carbocycles. The van der Waals surface area contributed by atoms with Crippen molar-refractivity contribution < 1.29 is 23.8 Å². The van der Waals surface area contributed by atoms with E-state index < -0.39 is 11.8 Å². The summed E-state index contributed by atoms with van der Waals surface area (Å²) in [5.41, 5.74) is 7.25. The van der Waals surface area contributed by atoms with E-state index >= 15 is 0 Å². The Morgan fingerprint density at radius 1 is 0.893 bits per heavy atom. The second-order valence-electron chi connectivity index (χ2n) is 6.20. The maximum atomic E-state index is 11.8. The number of rotatable bonds is 7. The average molecular weight is 407 g/mol. The van der Waals surface area contributed by atoms with E-state index in [9.17, 15) is 9.59 Å². The Labute approximate surface area is 168 Å². The second kappa shape index (κ2) is 9.85. The fourth-order valence-corrected chi connectivity index (χ4v) is 2.50. The molecule has 2 N–H and O–H groups in total. The first-order valence-corrected chi connectivity index (χ1v) is 8.92. The highest BCUT2D eigenvalue weighted by Crippen LogP contribution is 2.27.